The van der Waals surface area contributed by atoms with Gasteiger partial charge in [0.1, 0.15) is 5.78 Å². The molecule has 2 heteroatoms. The average molecular weight is 170 g/mol. The van der Waals surface area contributed by atoms with E-state index in [1.165, 1.54) is 0 Å². The highest BCUT2D eigenvalue weighted by atomic mass is 16.5. The van der Waals surface area contributed by atoms with Crippen LogP contribution in [0.5, 0.6) is 0 Å². The van der Waals surface area contributed by atoms with E-state index in [-0.39, 0.29) is 0 Å². The van der Waals surface area contributed by atoms with E-state index in [2.05, 4.69) is 0 Å². The highest BCUT2D eigenvalue weighted by molar-refractivity contribution is 5.78. The van der Waals surface area contributed by atoms with Crippen molar-refractivity contribution in [2.45, 2.75) is 39.0 Å². The molecule has 70 valence electrons. The molecule has 1 rings (SSSR count). The molecule has 1 saturated carbocycles. The van der Waals surface area contributed by atoms with Crippen molar-refractivity contribution in [3.8, 4) is 0 Å². The van der Waals surface area contributed by atoms with Crippen LogP contribution in [0.2, 0.25) is 0 Å². The molecule has 0 unspecified atom stereocenters. The van der Waals surface area contributed by atoms with Crippen LogP contribution in [-0.2, 0) is 9.53 Å². The maximum Gasteiger partial charge on any atom is 0.132 e. The first kappa shape index (κ1) is 9.72. The van der Waals surface area contributed by atoms with Gasteiger partial charge < -0.3 is 4.74 Å². The lowest BCUT2D eigenvalue weighted by Crippen LogP contribution is -2.15. The summed E-state index contributed by atoms with van der Waals surface area (Å²) in [6, 6.07) is 0. The van der Waals surface area contributed by atoms with Crippen LogP contribution < -0.4 is 0 Å². The molecule has 0 aliphatic heterocycles. The fraction of sp³-hybridized carbons (Fsp3) is 0.900. The van der Waals surface area contributed by atoms with Crippen LogP contribution in [0.25, 0.3) is 0 Å². The number of hydrogen-bond donors (Lipinski definition) is 0. The highest BCUT2D eigenvalue weighted by Gasteiger charge is 2.17. The van der Waals surface area contributed by atoms with Gasteiger partial charge in [-0.1, -0.05) is 0 Å². The number of carbonyl (C=O) groups is 1. The van der Waals surface area contributed by atoms with E-state index in [1.807, 2.05) is 6.92 Å². The molecule has 1 fully saturated rings. The summed E-state index contributed by atoms with van der Waals surface area (Å²) in [6.45, 7) is 3.70. The molecule has 1 aliphatic carbocycles. The smallest absolute Gasteiger partial charge is 0.132 e. The molecular weight excluding hydrogens is 152 g/mol. The Morgan fingerprint density at radius 2 is 2.08 bits per heavy atom. The number of carbonyl (C=O) groups excluding carboxylic acids is 1. The SMILES string of the molecule is CCOCCC1CCC(=O)CC1. The Morgan fingerprint density at radius 3 is 2.67 bits per heavy atom. The Morgan fingerprint density at radius 1 is 1.42 bits per heavy atom. The van der Waals surface area contributed by atoms with Gasteiger partial charge in [-0.05, 0) is 32.1 Å². The van der Waals surface area contributed by atoms with Crippen molar-refractivity contribution in [2.24, 2.45) is 5.92 Å². The molecule has 0 amide bonds. The van der Waals surface area contributed by atoms with Crippen LogP contribution in [-0.4, -0.2) is 19.0 Å². The predicted molar refractivity (Wildman–Crippen MR) is 48.1 cm³/mol. The van der Waals surface area contributed by atoms with Crippen molar-refractivity contribution in [1.29, 1.82) is 0 Å². The second-order valence-corrected chi connectivity index (χ2v) is 3.47. The average Bonchev–Trinajstić information content (AvgIpc) is 2.09. The molecule has 12 heavy (non-hydrogen) atoms. The first-order valence-corrected chi connectivity index (χ1v) is 4.92. The second kappa shape index (κ2) is 5.31. The Labute approximate surface area is 74.3 Å². The van der Waals surface area contributed by atoms with Gasteiger partial charge in [-0.2, -0.15) is 0 Å². The molecule has 0 bridgehead atoms. The van der Waals surface area contributed by atoms with Crippen LogP contribution >= 0.6 is 0 Å². The lowest BCUT2D eigenvalue weighted by atomic mass is 9.86. The maximum atomic E-state index is 10.9. The monoisotopic (exact) mass is 170 g/mol. The zero-order valence-electron chi connectivity index (χ0n) is 7.84. The molecule has 0 aromatic rings. The minimum absolute atomic E-state index is 0.447. The van der Waals surface area contributed by atoms with Crippen LogP contribution in [0, 0.1) is 5.92 Å². The molecule has 1 aliphatic rings. The molecule has 0 radical (unpaired) electrons. The third kappa shape index (κ3) is 3.35. The van der Waals surface area contributed by atoms with Gasteiger partial charge in [0.2, 0.25) is 0 Å². The van der Waals surface area contributed by atoms with Crippen LogP contribution in [0.1, 0.15) is 39.0 Å². The Kier molecular flexibility index (Phi) is 4.30. The van der Waals surface area contributed by atoms with E-state index >= 15 is 0 Å². The fourth-order valence-electron chi connectivity index (χ4n) is 1.68. The third-order valence-corrected chi connectivity index (χ3v) is 2.54. The topological polar surface area (TPSA) is 26.3 Å². The number of rotatable bonds is 4. The van der Waals surface area contributed by atoms with E-state index in [1.54, 1.807) is 0 Å². The van der Waals surface area contributed by atoms with E-state index in [9.17, 15) is 4.79 Å². The largest absolute Gasteiger partial charge is 0.382 e. The Bertz CT molecular complexity index is 133. The quantitative estimate of drug-likeness (QED) is 0.604. The van der Waals surface area contributed by atoms with E-state index in [4.69, 9.17) is 4.74 Å². The Hall–Kier alpha value is -0.370. The summed E-state index contributed by atoms with van der Waals surface area (Å²) in [4.78, 5) is 10.9. The van der Waals surface area contributed by atoms with Gasteiger partial charge in [0.15, 0.2) is 0 Å². The molecule has 0 aromatic heterocycles. The zero-order chi connectivity index (χ0) is 8.81. The molecule has 0 atom stereocenters. The summed E-state index contributed by atoms with van der Waals surface area (Å²) in [7, 11) is 0. The lowest BCUT2D eigenvalue weighted by molar-refractivity contribution is -0.121. The number of Topliss-reactive ketones (excluding diaryl/α,β-unsaturated/α-hetero) is 1. The van der Waals surface area contributed by atoms with Gasteiger partial charge in [-0.3, -0.25) is 4.79 Å². The second-order valence-electron chi connectivity index (χ2n) is 3.47. The van der Waals surface area contributed by atoms with E-state index in [0.29, 0.717) is 5.78 Å². The van der Waals surface area contributed by atoms with Crippen molar-refractivity contribution >= 4 is 5.78 Å². The van der Waals surface area contributed by atoms with E-state index < -0.39 is 0 Å². The first-order chi connectivity index (χ1) is 5.83. The summed E-state index contributed by atoms with van der Waals surface area (Å²) in [5.41, 5.74) is 0. The summed E-state index contributed by atoms with van der Waals surface area (Å²) in [5, 5.41) is 0. The molecule has 0 heterocycles. The van der Waals surface area contributed by atoms with Crippen molar-refractivity contribution in [1.82, 2.24) is 0 Å². The van der Waals surface area contributed by atoms with E-state index in [0.717, 1.165) is 51.2 Å². The van der Waals surface area contributed by atoms with Gasteiger partial charge in [-0.25, -0.2) is 0 Å². The van der Waals surface area contributed by atoms with Crippen molar-refractivity contribution in [3.05, 3.63) is 0 Å². The standard InChI is InChI=1S/C10H18O2/c1-2-12-8-7-9-3-5-10(11)6-4-9/h9H,2-8H2,1H3. The summed E-state index contributed by atoms with van der Waals surface area (Å²) in [6.07, 6.45) is 4.92. The third-order valence-electron chi connectivity index (χ3n) is 2.54. The van der Waals surface area contributed by atoms with Crippen molar-refractivity contribution < 1.29 is 9.53 Å². The van der Waals surface area contributed by atoms with Crippen LogP contribution in [0.15, 0.2) is 0 Å². The molecular formula is C10H18O2. The van der Waals surface area contributed by atoms with Gasteiger partial charge in [0, 0.05) is 26.1 Å². The lowest BCUT2D eigenvalue weighted by Gasteiger charge is -2.20. The van der Waals surface area contributed by atoms with Crippen LogP contribution in [0.4, 0.5) is 0 Å². The predicted octanol–water partition coefficient (Wildman–Crippen LogP) is 2.17. The Balaban J connectivity index is 2.05. The van der Waals surface area contributed by atoms with Crippen molar-refractivity contribution in [3.63, 3.8) is 0 Å². The van der Waals surface area contributed by atoms with Gasteiger partial charge >= 0.3 is 0 Å². The van der Waals surface area contributed by atoms with Gasteiger partial charge in [0.05, 0.1) is 0 Å². The zero-order valence-corrected chi connectivity index (χ0v) is 7.84. The summed E-state index contributed by atoms with van der Waals surface area (Å²) < 4.78 is 5.28. The summed E-state index contributed by atoms with van der Waals surface area (Å²) in [5.74, 6) is 1.19. The fourth-order valence-corrected chi connectivity index (χ4v) is 1.68. The van der Waals surface area contributed by atoms with Gasteiger partial charge in [-0.15, -0.1) is 0 Å². The van der Waals surface area contributed by atoms with Crippen molar-refractivity contribution in [2.75, 3.05) is 13.2 Å². The molecule has 0 spiro atoms. The van der Waals surface area contributed by atoms with Crippen LogP contribution in [0.3, 0.4) is 0 Å². The normalized spacial score (nSPS) is 19.9. The molecule has 0 aromatic carbocycles. The molecule has 0 N–H and O–H groups in total. The molecule has 0 saturated heterocycles. The summed E-state index contributed by atoms with van der Waals surface area (Å²) >= 11 is 0. The van der Waals surface area contributed by atoms with Gasteiger partial charge in [0.25, 0.3) is 0 Å². The number of ether oxygens (including phenoxy) is 1. The minimum Gasteiger partial charge on any atom is -0.382 e. The molecule has 2 nitrogen and oxygen atoms in total. The number of hydrogen-bond acceptors (Lipinski definition) is 2. The first-order valence-electron chi connectivity index (χ1n) is 4.92. The minimum atomic E-state index is 0.447. The highest BCUT2D eigenvalue weighted by Crippen LogP contribution is 2.23. The maximum absolute atomic E-state index is 10.9. The number of ketones is 1.